The van der Waals surface area contributed by atoms with Crippen LogP contribution in [0.1, 0.15) is 55.5 Å². The van der Waals surface area contributed by atoms with Gasteiger partial charge in [0.25, 0.3) is 0 Å². The molecule has 0 aromatic carbocycles. The van der Waals surface area contributed by atoms with Gasteiger partial charge in [-0.3, -0.25) is 14.9 Å². The highest BCUT2D eigenvalue weighted by molar-refractivity contribution is 5.97. The smallest absolute Gasteiger partial charge is 0.226 e. The minimum absolute atomic E-state index is 0.0156. The number of carbonyl (C=O) groups excluding carboxylic acids is 2. The SMILES string of the molecule is C[C@@H]1CCCc2c(CC3CC(=O)NC(=O)C3)nc(N)nc21. The van der Waals surface area contributed by atoms with Gasteiger partial charge in [0.15, 0.2) is 0 Å². The maximum absolute atomic E-state index is 11.5. The monoisotopic (exact) mass is 288 g/mol. The Kier molecular flexibility index (Phi) is 3.61. The number of hydrogen-bond donors (Lipinski definition) is 2. The van der Waals surface area contributed by atoms with E-state index in [0.29, 0.717) is 31.1 Å². The second kappa shape index (κ2) is 5.42. The first-order valence-electron chi connectivity index (χ1n) is 7.50. The molecular formula is C15H20N4O2. The Bertz CT molecular complexity index is 584. The van der Waals surface area contributed by atoms with Crippen LogP contribution in [-0.2, 0) is 22.4 Å². The van der Waals surface area contributed by atoms with Gasteiger partial charge in [-0.15, -0.1) is 0 Å². The van der Waals surface area contributed by atoms with Gasteiger partial charge < -0.3 is 5.73 Å². The van der Waals surface area contributed by atoms with E-state index >= 15 is 0 Å². The van der Waals surface area contributed by atoms with Crippen molar-refractivity contribution < 1.29 is 9.59 Å². The van der Waals surface area contributed by atoms with Gasteiger partial charge in [0.2, 0.25) is 17.8 Å². The van der Waals surface area contributed by atoms with Gasteiger partial charge in [0.05, 0.1) is 5.69 Å². The fourth-order valence-electron chi connectivity index (χ4n) is 3.41. The predicted molar refractivity (Wildman–Crippen MR) is 77.4 cm³/mol. The Morgan fingerprint density at radius 2 is 1.95 bits per heavy atom. The number of nitrogen functional groups attached to an aromatic ring is 1. The zero-order chi connectivity index (χ0) is 15.0. The average molecular weight is 288 g/mol. The molecule has 1 aromatic rings. The third-order valence-electron chi connectivity index (χ3n) is 4.38. The van der Waals surface area contributed by atoms with E-state index in [9.17, 15) is 9.59 Å². The van der Waals surface area contributed by atoms with E-state index in [1.165, 1.54) is 5.56 Å². The first-order chi connectivity index (χ1) is 10.0. The maximum atomic E-state index is 11.5. The van der Waals surface area contributed by atoms with Crippen molar-refractivity contribution in [1.82, 2.24) is 15.3 Å². The molecule has 0 bridgehead atoms. The molecule has 1 atom stereocenters. The maximum Gasteiger partial charge on any atom is 0.226 e. The summed E-state index contributed by atoms with van der Waals surface area (Å²) in [5, 5.41) is 2.34. The summed E-state index contributed by atoms with van der Waals surface area (Å²) in [5.74, 6) is 0.320. The molecule has 2 heterocycles. The minimum Gasteiger partial charge on any atom is -0.368 e. The van der Waals surface area contributed by atoms with Crippen molar-refractivity contribution in [3.63, 3.8) is 0 Å². The average Bonchev–Trinajstić information content (AvgIpc) is 2.39. The van der Waals surface area contributed by atoms with Gasteiger partial charge in [-0.2, -0.15) is 0 Å². The third-order valence-corrected chi connectivity index (χ3v) is 4.38. The normalized spacial score (nSPS) is 22.8. The first kappa shape index (κ1) is 14.0. The number of nitrogens with two attached hydrogens (primary N) is 1. The first-order valence-corrected chi connectivity index (χ1v) is 7.50. The predicted octanol–water partition coefficient (Wildman–Crippen LogP) is 1.09. The molecule has 2 amide bonds. The molecule has 0 spiro atoms. The number of nitrogens with one attached hydrogen (secondary N) is 1. The molecule has 1 aromatic heterocycles. The Labute approximate surface area is 123 Å². The molecular weight excluding hydrogens is 268 g/mol. The summed E-state index contributed by atoms with van der Waals surface area (Å²) >= 11 is 0. The van der Waals surface area contributed by atoms with Gasteiger partial charge in [0.1, 0.15) is 0 Å². The lowest BCUT2D eigenvalue weighted by Gasteiger charge is -2.26. The van der Waals surface area contributed by atoms with Crippen LogP contribution in [0.25, 0.3) is 0 Å². The number of rotatable bonds is 2. The number of carbonyl (C=O) groups is 2. The van der Waals surface area contributed by atoms with Crippen molar-refractivity contribution in [2.24, 2.45) is 5.92 Å². The minimum atomic E-state index is -0.194. The highest BCUT2D eigenvalue weighted by Gasteiger charge is 2.28. The van der Waals surface area contributed by atoms with Crippen LogP contribution in [0, 0.1) is 5.92 Å². The van der Waals surface area contributed by atoms with Crippen LogP contribution in [0.15, 0.2) is 0 Å². The molecule has 1 saturated heterocycles. The Hall–Kier alpha value is -1.98. The van der Waals surface area contributed by atoms with E-state index in [2.05, 4.69) is 22.2 Å². The molecule has 3 rings (SSSR count). The largest absolute Gasteiger partial charge is 0.368 e. The highest BCUT2D eigenvalue weighted by Crippen LogP contribution is 2.33. The topological polar surface area (TPSA) is 98.0 Å². The van der Waals surface area contributed by atoms with Crippen LogP contribution in [0.4, 0.5) is 5.95 Å². The van der Waals surface area contributed by atoms with Gasteiger partial charge in [0, 0.05) is 18.5 Å². The molecule has 0 radical (unpaired) electrons. The number of aromatic nitrogens is 2. The number of nitrogens with zero attached hydrogens (tertiary/aromatic N) is 2. The van der Waals surface area contributed by atoms with Crippen molar-refractivity contribution in [3.8, 4) is 0 Å². The summed E-state index contributed by atoms with van der Waals surface area (Å²) in [6.07, 6.45) is 4.58. The lowest BCUT2D eigenvalue weighted by atomic mass is 9.84. The number of anilines is 1. The molecule has 112 valence electrons. The Morgan fingerprint density at radius 3 is 2.67 bits per heavy atom. The van der Waals surface area contributed by atoms with Crippen molar-refractivity contribution in [2.45, 2.75) is 51.4 Å². The Balaban J connectivity index is 1.88. The van der Waals surface area contributed by atoms with E-state index in [-0.39, 0.29) is 17.7 Å². The van der Waals surface area contributed by atoms with E-state index in [0.717, 1.165) is 30.7 Å². The van der Waals surface area contributed by atoms with Gasteiger partial charge in [-0.05, 0) is 43.1 Å². The number of amides is 2. The van der Waals surface area contributed by atoms with Crippen molar-refractivity contribution in [1.29, 1.82) is 0 Å². The molecule has 1 fully saturated rings. The van der Waals surface area contributed by atoms with Gasteiger partial charge in [-0.1, -0.05) is 6.92 Å². The molecule has 1 aliphatic heterocycles. The standard InChI is InChI=1S/C15H20N4O2/c1-8-3-2-4-10-11(17-15(16)19-14(8)10)5-9-6-12(20)18-13(21)7-9/h8-9H,2-7H2,1H3,(H2,16,17,19)(H,18,20,21)/t8-/m1/s1. The fraction of sp³-hybridized carbons (Fsp3) is 0.600. The molecule has 21 heavy (non-hydrogen) atoms. The molecule has 3 N–H and O–H groups in total. The summed E-state index contributed by atoms with van der Waals surface area (Å²) in [5.41, 5.74) is 9.00. The molecule has 6 heteroatoms. The summed E-state index contributed by atoms with van der Waals surface area (Å²) in [7, 11) is 0. The zero-order valence-corrected chi connectivity index (χ0v) is 12.2. The van der Waals surface area contributed by atoms with Crippen LogP contribution in [0.3, 0.4) is 0 Å². The lowest BCUT2D eigenvalue weighted by molar-refractivity contribution is -0.134. The van der Waals surface area contributed by atoms with E-state index < -0.39 is 0 Å². The van der Waals surface area contributed by atoms with E-state index in [1.807, 2.05) is 0 Å². The molecule has 6 nitrogen and oxygen atoms in total. The van der Waals surface area contributed by atoms with Crippen molar-refractivity contribution in [3.05, 3.63) is 17.0 Å². The summed E-state index contributed by atoms with van der Waals surface area (Å²) in [4.78, 5) is 31.8. The van der Waals surface area contributed by atoms with Crippen LogP contribution in [-0.4, -0.2) is 21.8 Å². The zero-order valence-electron chi connectivity index (χ0n) is 12.2. The van der Waals surface area contributed by atoms with Crippen LogP contribution in [0.2, 0.25) is 0 Å². The fourth-order valence-corrected chi connectivity index (χ4v) is 3.41. The summed E-state index contributed by atoms with van der Waals surface area (Å²) in [6.45, 7) is 2.16. The quantitative estimate of drug-likeness (QED) is 0.794. The van der Waals surface area contributed by atoms with Crippen LogP contribution >= 0.6 is 0 Å². The second-order valence-electron chi connectivity index (χ2n) is 6.14. The van der Waals surface area contributed by atoms with E-state index in [4.69, 9.17) is 5.73 Å². The molecule has 0 saturated carbocycles. The van der Waals surface area contributed by atoms with Crippen molar-refractivity contribution >= 4 is 17.8 Å². The molecule has 2 aliphatic rings. The second-order valence-corrected chi connectivity index (χ2v) is 6.14. The summed E-state index contributed by atoms with van der Waals surface area (Å²) in [6, 6.07) is 0. The van der Waals surface area contributed by atoms with Crippen LogP contribution in [0.5, 0.6) is 0 Å². The van der Waals surface area contributed by atoms with Gasteiger partial charge >= 0.3 is 0 Å². The number of hydrogen-bond acceptors (Lipinski definition) is 5. The summed E-state index contributed by atoms with van der Waals surface area (Å²) < 4.78 is 0. The van der Waals surface area contributed by atoms with Crippen molar-refractivity contribution in [2.75, 3.05) is 5.73 Å². The third kappa shape index (κ3) is 2.89. The highest BCUT2D eigenvalue weighted by atomic mass is 16.2. The van der Waals surface area contributed by atoms with Gasteiger partial charge in [-0.25, -0.2) is 9.97 Å². The Morgan fingerprint density at radius 1 is 1.24 bits per heavy atom. The number of imide groups is 1. The molecule has 1 aliphatic carbocycles. The van der Waals surface area contributed by atoms with Crippen LogP contribution < -0.4 is 11.1 Å². The number of piperidine rings is 1. The molecule has 0 unspecified atom stereocenters. The lowest BCUT2D eigenvalue weighted by Crippen LogP contribution is -2.39. The van der Waals surface area contributed by atoms with E-state index in [1.54, 1.807) is 0 Å². The number of fused-ring (bicyclic) bond motifs is 1.